The molecular formula is C40H46F2N2O3. The van der Waals surface area contributed by atoms with Gasteiger partial charge < -0.3 is 15.7 Å². The molecule has 0 radical (unpaired) electrons. The molecule has 0 aliphatic rings. The van der Waals surface area contributed by atoms with Crippen LogP contribution in [0.1, 0.15) is 71.3 Å². The molecule has 3 atom stereocenters. The van der Waals surface area contributed by atoms with Crippen molar-refractivity contribution < 1.29 is 23.5 Å². The summed E-state index contributed by atoms with van der Waals surface area (Å²) in [7, 11) is 0. The second kappa shape index (κ2) is 18.2. The first-order valence-electron chi connectivity index (χ1n) is 16.6. The van der Waals surface area contributed by atoms with Crippen molar-refractivity contribution in [3.8, 4) is 0 Å². The van der Waals surface area contributed by atoms with E-state index in [1.54, 1.807) is 0 Å². The minimum absolute atomic E-state index is 0.00507. The molecule has 1 amide bonds. The Balaban J connectivity index is 1.49. The lowest BCUT2D eigenvalue weighted by Crippen LogP contribution is -2.49. The Bertz CT molecular complexity index is 1560. The van der Waals surface area contributed by atoms with Crippen LogP contribution in [0.25, 0.3) is 0 Å². The number of amides is 1. The van der Waals surface area contributed by atoms with Crippen LogP contribution in [0.3, 0.4) is 0 Å². The second-order valence-corrected chi connectivity index (χ2v) is 12.3. The normalized spacial score (nSPS) is 13.1. The molecule has 4 rings (SSSR count). The smallest absolute Gasteiger partial charge is 0.221 e. The van der Waals surface area contributed by atoms with Crippen molar-refractivity contribution in [3.63, 3.8) is 0 Å². The molecular weight excluding hydrogens is 594 g/mol. The van der Waals surface area contributed by atoms with Gasteiger partial charge in [-0.1, -0.05) is 99.1 Å². The van der Waals surface area contributed by atoms with Crippen molar-refractivity contribution >= 4 is 11.7 Å². The van der Waals surface area contributed by atoms with Gasteiger partial charge in [-0.15, -0.1) is 0 Å². The molecule has 0 aliphatic heterocycles. The first-order valence-corrected chi connectivity index (χ1v) is 16.6. The zero-order chi connectivity index (χ0) is 33.6. The molecule has 0 saturated heterocycles. The third kappa shape index (κ3) is 11.5. The highest BCUT2D eigenvalue weighted by Gasteiger charge is 2.27. The minimum Gasteiger partial charge on any atom is -0.390 e. The number of hydrogen-bond acceptors (Lipinski definition) is 4. The molecule has 0 bridgehead atoms. The van der Waals surface area contributed by atoms with E-state index in [-0.39, 0.29) is 25.2 Å². The first-order chi connectivity index (χ1) is 22.7. The van der Waals surface area contributed by atoms with Crippen LogP contribution in [0.5, 0.6) is 0 Å². The molecule has 0 heterocycles. The Labute approximate surface area is 277 Å². The summed E-state index contributed by atoms with van der Waals surface area (Å²) in [6, 6.07) is 27.6. The van der Waals surface area contributed by atoms with E-state index in [1.165, 1.54) is 17.7 Å². The van der Waals surface area contributed by atoms with Gasteiger partial charge in [-0.3, -0.25) is 9.59 Å². The van der Waals surface area contributed by atoms with Gasteiger partial charge in [-0.25, -0.2) is 8.78 Å². The predicted molar refractivity (Wildman–Crippen MR) is 183 cm³/mol. The third-order valence-corrected chi connectivity index (χ3v) is 8.46. The summed E-state index contributed by atoms with van der Waals surface area (Å²) in [6.07, 6.45) is 3.20. The Morgan fingerprint density at radius 1 is 0.745 bits per heavy atom. The van der Waals surface area contributed by atoms with Crippen molar-refractivity contribution in [2.45, 2.75) is 77.5 Å². The van der Waals surface area contributed by atoms with Crippen LogP contribution in [-0.2, 0) is 37.0 Å². The average Bonchev–Trinajstić information content (AvgIpc) is 3.06. The number of aryl methyl sites for hydroxylation is 2. The largest absolute Gasteiger partial charge is 0.390 e. The maximum absolute atomic E-state index is 14.1. The molecule has 0 saturated carbocycles. The zero-order valence-corrected chi connectivity index (χ0v) is 27.4. The quantitative estimate of drug-likeness (QED) is 0.101. The molecule has 3 N–H and O–H groups in total. The zero-order valence-electron chi connectivity index (χ0n) is 27.4. The number of benzene rings is 4. The topological polar surface area (TPSA) is 78.4 Å². The van der Waals surface area contributed by atoms with E-state index in [0.29, 0.717) is 24.1 Å². The molecule has 4 aromatic rings. The number of aliphatic hydroxyl groups is 1. The summed E-state index contributed by atoms with van der Waals surface area (Å²) < 4.78 is 28.1. The van der Waals surface area contributed by atoms with E-state index in [1.807, 2.05) is 66.7 Å². The summed E-state index contributed by atoms with van der Waals surface area (Å²) >= 11 is 0. The van der Waals surface area contributed by atoms with E-state index in [4.69, 9.17) is 0 Å². The maximum Gasteiger partial charge on any atom is 0.221 e. The molecule has 5 nitrogen and oxygen atoms in total. The fourth-order valence-corrected chi connectivity index (χ4v) is 5.83. The Hall–Kier alpha value is -4.20. The van der Waals surface area contributed by atoms with Gasteiger partial charge in [0, 0.05) is 37.1 Å². The number of unbranched alkanes of at least 4 members (excludes halogenated alkanes) is 1. The molecule has 7 heteroatoms. The molecule has 0 aromatic heterocycles. The minimum atomic E-state index is -1.07. The van der Waals surface area contributed by atoms with Crippen LogP contribution < -0.4 is 10.6 Å². The number of halogens is 2. The summed E-state index contributed by atoms with van der Waals surface area (Å²) in [5.74, 6) is -2.67. The Morgan fingerprint density at radius 2 is 1.43 bits per heavy atom. The van der Waals surface area contributed by atoms with Gasteiger partial charge >= 0.3 is 0 Å². The van der Waals surface area contributed by atoms with Gasteiger partial charge in [0.05, 0.1) is 12.1 Å². The van der Waals surface area contributed by atoms with Gasteiger partial charge in [0.1, 0.15) is 11.6 Å². The number of hydrogen-bond donors (Lipinski definition) is 3. The van der Waals surface area contributed by atoms with Crippen LogP contribution >= 0.6 is 0 Å². The molecule has 0 aliphatic carbocycles. The van der Waals surface area contributed by atoms with Crippen LogP contribution in [0.15, 0.2) is 97.1 Å². The van der Waals surface area contributed by atoms with Crippen LogP contribution in [0.4, 0.5) is 8.78 Å². The number of carbonyl (C=O) groups is 2. The standard InChI is InChI=1S/C40H46F2N2O3/c1-3-5-10-29-15-17-33(18-16-29)40(47)34(20-30-11-7-6-8-12-30)24-39(46)44-37(23-32-21-35(41)25-36(42)22-32)38(45)27-43-26-31-14-9-13-28(4-2)19-31/h6-9,11-19,21-22,25,34,37-38,43,45H,3-5,10,20,23-24,26-27H2,1-2H3,(H,44,46)/t34?,37-,38-/m0/s1. The fourth-order valence-electron chi connectivity index (χ4n) is 5.83. The van der Waals surface area contributed by atoms with Crippen LogP contribution in [0, 0.1) is 17.6 Å². The number of aliphatic hydroxyl groups excluding tert-OH is 1. The van der Waals surface area contributed by atoms with Gasteiger partial charge in [0.2, 0.25) is 5.91 Å². The highest BCUT2D eigenvalue weighted by Crippen LogP contribution is 2.21. The van der Waals surface area contributed by atoms with Crippen LogP contribution in [-0.4, -0.2) is 35.5 Å². The third-order valence-electron chi connectivity index (χ3n) is 8.46. The lowest BCUT2D eigenvalue weighted by molar-refractivity contribution is -0.123. The second-order valence-electron chi connectivity index (χ2n) is 12.3. The summed E-state index contributed by atoms with van der Waals surface area (Å²) in [5.41, 5.74) is 5.21. The summed E-state index contributed by atoms with van der Waals surface area (Å²) in [4.78, 5) is 27.4. The average molecular weight is 641 g/mol. The van der Waals surface area contributed by atoms with Gasteiger partial charge in [0.15, 0.2) is 5.78 Å². The Kier molecular flexibility index (Phi) is 13.8. The first kappa shape index (κ1) is 35.7. The van der Waals surface area contributed by atoms with Gasteiger partial charge in [-0.05, 0) is 72.1 Å². The maximum atomic E-state index is 14.1. The molecule has 1 unspecified atom stereocenters. The molecule has 4 aromatic carbocycles. The van der Waals surface area contributed by atoms with Gasteiger partial charge in [-0.2, -0.15) is 0 Å². The van der Waals surface area contributed by atoms with Crippen molar-refractivity contribution in [1.82, 2.24) is 10.6 Å². The number of rotatable bonds is 18. The number of nitrogens with one attached hydrogen (secondary N) is 2. The SMILES string of the molecule is CCCCc1ccc(C(=O)C(CC(=O)N[C@@H](Cc2cc(F)cc(F)c2)[C@@H](O)CNCc2cccc(CC)c2)Cc2ccccc2)cc1. The summed E-state index contributed by atoms with van der Waals surface area (Å²) in [5, 5.41) is 17.4. The van der Waals surface area contributed by atoms with Crippen molar-refractivity contribution in [3.05, 3.63) is 142 Å². The number of ketones is 1. The van der Waals surface area contributed by atoms with Crippen molar-refractivity contribution in [1.29, 1.82) is 0 Å². The van der Waals surface area contributed by atoms with Gasteiger partial charge in [0.25, 0.3) is 0 Å². The van der Waals surface area contributed by atoms with Crippen molar-refractivity contribution in [2.75, 3.05) is 6.54 Å². The predicted octanol–water partition coefficient (Wildman–Crippen LogP) is 7.18. The van der Waals surface area contributed by atoms with E-state index in [0.717, 1.165) is 48.4 Å². The fraction of sp³-hybridized carbons (Fsp3) is 0.350. The van der Waals surface area contributed by atoms with E-state index in [2.05, 4.69) is 36.6 Å². The van der Waals surface area contributed by atoms with E-state index >= 15 is 0 Å². The van der Waals surface area contributed by atoms with Crippen molar-refractivity contribution in [2.24, 2.45) is 5.92 Å². The Morgan fingerprint density at radius 3 is 2.11 bits per heavy atom. The molecule has 248 valence electrons. The van der Waals surface area contributed by atoms with E-state index < -0.39 is 35.6 Å². The molecule has 0 fully saturated rings. The van der Waals surface area contributed by atoms with Crippen LogP contribution in [0.2, 0.25) is 0 Å². The number of carbonyl (C=O) groups excluding carboxylic acids is 2. The highest BCUT2D eigenvalue weighted by molar-refractivity contribution is 6.00. The lowest BCUT2D eigenvalue weighted by Gasteiger charge is -2.26. The number of Topliss-reactive ketones (excluding diaryl/α,β-unsaturated/α-hetero) is 1. The van der Waals surface area contributed by atoms with E-state index in [9.17, 15) is 23.5 Å². The lowest BCUT2D eigenvalue weighted by atomic mass is 9.87. The monoisotopic (exact) mass is 640 g/mol. The molecule has 47 heavy (non-hydrogen) atoms. The molecule has 0 spiro atoms. The summed E-state index contributed by atoms with van der Waals surface area (Å²) in [6.45, 7) is 4.86. The highest BCUT2D eigenvalue weighted by atomic mass is 19.1.